The Labute approximate surface area is 89.4 Å². The van der Waals surface area contributed by atoms with Crippen molar-refractivity contribution in [2.24, 2.45) is 5.92 Å². The summed E-state index contributed by atoms with van der Waals surface area (Å²) < 4.78 is 0. The highest BCUT2D eigenvalue weighted by Crippen LogP contribution is 2.12. The number of carbonyl (C=O) groups excluding carboxylic acids is 1. The standard InChI is InChI=1S/C9H18N2O4/c1-6(8(12)11(4)15-5)7(2)10(3)9(13)14/h6-7H,1-5H3,(H,13,14)/t6-,7?/m0/s1. The van der Waals surface area contributed by atoms with Crippen LogP contribution >= 0.6 is 0 Å². The van der Waals surface area contributed by atoms with Crippen molar-refractivity contribution >= 4 is 12.0 Å². The second-order valence-corrected chi connectivity index (χ2v) is 3.44. The lowest BCUT2D eigenvalue weighted by molar-refractivity contribution is -0.174. The van der Waals surface area contributed by atoms with Crippen molar-refractivity contribution < 1.29 is 19.5 Å². The van der Waals surface area contributed by atoms with E-state index in [2.05, 4.69) is 0 Å². The number of hydroxylamine groups is 2. The molecule has 0 saturated heterocycles. The summed E-state index contributed by atoms with van der Waals surface area (Å²) in [5.41, 5.74) is 0. The lowest BCUT2D eigenvalue weighted by Crippen LogP contribution is -2.44. The molecule has 0 aromatic rings. The molecule has 0 aromatic heterocycles. The molecule has 0 fully saturated rings. The number of amides is 2. The molecule has 0 saturated carbocycles. The minimum absolute atomic E-state index is 0.252. The molecular weight excluding hydrogens is 200 g/mol. The van der Waals surface area contributed by atoms with E-state index in [1.807, 2.05) is 0 Å². The first-order valence-corrected chi connectivity index (χ1v) is 4.60. The van der Waals surface area contributed by atoms with E-state index in [-0.39, 0.29) is 5.91 Å². The number of hydrogen-bond donors (Lipinski definition) is 1. The Balaban J connectivity index is 4.50. The molecule has 1 unspecified atom stereocenters. The summed E-state index contributed by atoms with van der Waals surface area (Å²) in [5.74, 6) is -0.700. The van der Waals surface area contributed by atoms with E-state index in [4.69, 9.17) is 9.94 Å². The Hall–Kier alpha value is -1.30. The predicted molar refractivity (Wildman–Crippen MR) is 54.2 cm³/mol. The van der Waals surface area contributed by atoms with Crippen LogP contribution in [0.3, 0.4) is 0 Å². The zero-order valence-corrected chi connectivity index (χ0v) is 9.72. The largest absolute Gasteiger partial charge is 0.465 e. The number of nitrogens with zero attached hydrogens (tertiary/aromatic N) is 2. The molecule has 2 atom stereocenters. The molecule has 6 heteroatoms. The average molecular weight is 218 g/mol. The van der Waals surface area contributed by atoms with Crippen LogP contribution in [-0.4, -0.2) is 54.3 Å². The van der Waals surface area contributed by atoms with Gasteiger partial charge in [-0.15, -0.1) is 0 Å². The van der Waals surface area contributed by atoms with Crippen LogP contribution in [0.5, 0.6) is 0 Å². The molecule has 6 nitrogen and oxygen atoms in total. The lowest BCUT2D eigenvalue weighted by Gasteiger charge is -2.28. The van der Waals surface area contributed by atoms with Crippen molar-refractivity contribution in [1.82, 2.24) is 9.96 Å². The maximum absolute atomic E-state index is 11.6. The Kier molecular flexibility index (Phi) is 5.07. The molecule has 2 amide bonds. The second-order valence-electron chi connectivity index (χ2n) is 3.44. The van der Waals surface area contributed by atoms with Crippen LogP contribution in [0.2, 0.25) is 0 Å². The zero-order chi connectivity index (χ0) is 12.2. The van der Waals surface area contributed by atoms with Crippen LogP contribution in [0.25, 0.3) is 0 Å². The van der Waals surface area contributed by atoms with Crippen molar-refractivity contribution in [3.05, 3.63) is 0 Å². The molecule has 0 radical (unpaired) electrons. The maximum Gasteiger partial charge on any atom is 0.407 e. The van der Waals surface area contributed by atoms with Crippen LogP contribution in [0, 0.1) is 5.92 Å². The van der Waals surface area contributed by atoms with E-state index >= 15 is 0 Å². The Morgan fingerprint density at radius 1 is 1.27 bits per heavy atom. The number of carbonyl (C=O) groups is 2. The molecule has 0 spiro atoms. The van der Waals surface area contributed by atoms with Crippen molar-refractivity contribution in [3.8, 4) is 0 Å². The summed E-state index contributed by atoms with van der Waals surface area (Å²) in [4.78, 5) is 28.1. The van der Waals surface area contributed by atoms with E-state index < -0.39 is 18.1 Å². The van der Waals surface area contributed by atoms with Crippen LogP contribution in [0.15, 0.2) is 0 Å². The summed E-state index contributed by atoms with van der Waals surface area (Å²) >= 11 is 0. The lowest BCUT2D eigenvalue weighted by atomic mass is 10.0. The van der Waals surface area contributed by atoms with Crippen molar-refractivity contribution in [1.29, 1.82) is 0 Å². The van der Waals surface area contributed by atoms with Gasteiger partial charge in [0.1, 0.15) is 0 Å². The minimum Gasteiger partial charge on any atom is -0.465 e. The smallest absolute Gasteiger partial charge is 0.407 e. The van der Waals surface area contributed by atoms with E-state index in [1.165, 1.54) is 21.2 Å². The minimum atomic E-state index is -1.05. The van der Waals surface area contributed by atoms with Crippen molar-refractivity contribution in [2.75, 3.05) is 21.2 Å². The third-order valence-electron chi connectivity index (χ3n) is 2.61. The fraction of sp³-hybridized carbons (Fsp3) is 0.778. The third kappa shape index (κ3) is 3.39. The van der Waals surface area contributed by atoms with Gasteiger partial charge in [-0.05, 0) is 6.92 Å². The molecule has 0 aliphatic carbocycles. The van der Waals surface area contributed by atoms with Gasteiger partial charge in [-0.3, -0.25) is 9.63 Å². The summed E-state index contributed by atoms with van der Waals surface area (Å²) in [7, 11) is 4.31. The number of carboxylic acid groups (broad SMARTS) is 1. The first kappa shape index (κ1) is 13.7. The first-order chi connectivity index (χ1) is 6.82. The van der Waals surface area contributed by atoms with Crippen molar-refractivity contribution in [3.63, 3.8) is 0 Å². The monoisotopic (exact) mass is 218 g/mol. The molecule has 0 bridgehead atoms. The summed E-state index contributed by atoms with van der Waals surface area (Å²) in [6.45, 7) is 3.35. The van der Waals surface area contributed by atoms with Crippen LogP contribution < -0.4 is 0 Å². The Morgan fingerprint density at radius 2 is 1.73 bits per heavy atom. The van der Waals surface area contributed by atoms with Gasteiger partial charge in [-0.1, -0.05) is 6.92 Å². The second kappa shape index (κ2) is 5.55. The maximum atomic E-state index is 11.6. The third-order valence-corrected chi connectivity index (χ3v) is 2.61. The van der Waals surface area contributed by atoms with Gasteiger partial charge in [0.05, 0.1) is 13.0 Å². The Morgan fingerprint density at radius 3 is 2.07 bits per heavy atom. The molecule has 15 heavy (non-hydrogen) atoms. The highest BCUT2D eigenvalue weighted by molar-refractivity contribution is 5.78. The van der Waals surface area contributed by atoms with Crippen LogP contribution in [-0.2, 0) is 9.63 Å². The normalized spacial score (nSPS) is 14.2. The molecule has 0 rings (SSSR count). The van der Waals surface area contributed by atoms with Gasteiger partial charge in [-0.2, -0.15) is 0 Å². The van der Waals surface area contributed by atoms with Crippen molar-refractivity contribution in [2.45, 2.75) is 19.9 Å². The van der Waals surface area contributed by atoms with Gasteiger partial charge in [0.2, 0.25) is 0 Å². The molecule has 1 N–H and O–H groups in total. The molecule has 0 aliphatic heterocycles. The quantitative estimate of drug-likeness (QED) is 0.703. The Bertz CT molecular complexity index is 244. The van der Waals surface area contributed by atoms with Gasteiger partial charge >= 0.3 is 6.09 Å². The molecule has 0 aliphatic rings. The van der Waals surface area contributed by atoms with E-state index in [1.54, 1.807) is 13.8 Å². The fourth-order valence-electron chi connectivity index (χ4n) is 1.09. The topological polar surface area (TPSA) is 70.1 Å². The number of hydrogen-bond acceptors (Lipinski definition) is 3. The first-order valence-electron chi connectivity index (χ1n) is 4.60. The van der Waals surface area contributed by atoms with Gasteiger partial charge in [0.25, 0.3) is 5.91 Å². The summed E-state index contributed by atoms with van der Waals surface area (Å²) in [6, 6.07) is -0.396. The highest BCUT2D eigenvalue weighted by atomic mass is 16.7. The van der Waals surface area contributed by atoms with Gasteiger partial charge < -0.3 is 10.0 Å². The average Bonchev–Trinajstić information content (AvgIpc) is 2.23. The summed E-state index contributed by atoms with van der Waals surface area (Å²) in [6.07, 6.45) is -1.05. The zero-order valence-electron chi connectivity index (χ0n) is 9.72. The van der Waals surface area contributed by atoms with Gasteiger partial charge in [0.15, 0.2) is 0 Å². The summed E-state index contributed by atoms with van der Waals surface area (Å²) in [5, 5.41) is 9.84. The molecule has 88 valence electrons. The van der Waals surface area contributed by atoms with E-state index in [0.717, 1.165) is 9.96 Å². The molecule has 0 heterocycles. The van der Waals surface area contributed by atoms with Crippen LogP contribution in [0.4, 0.5) is 4.79 Å². The molecular formula is C9H18N2O4. The SMILES string of the molecule is CON(C)C(=O)[C@@H](C)C(C)N(C)C(=O)O. The van der Waals surface area contributed by atoms with E-state index in [0.29, 0.717) is 0 Å². The van der Waals surface area contributed by atoms with Gasteiger partial charge in [-0.25, -0.2) is 9.86 Å². The van der Waals surface area contributed by atoms with E-state index in [9.17, 15) is 9.59 Å². The van der Waals surface area contributed by atoms with Gasteiger partial charge in [0, 0.05) is 20.1 Å². The number of rotatable bonds is 4. The van der Waals surface area contributed by atoms with Crippen LogP contribution in [0.1, 0.15) is 13.8 Å². The fourth-order valence-corrected chi connectivity index (χ4v) is 1.09. The predicted octanol–water partition coefficient (Wildman–Crippen LogP) is 0.641. The molecule has 0 aromatic carbocycles. The highest BCUT2D eigenvalue weighted by Gasteiger charge is 2.28.